The molecule has 0 bridgehead atoms. The van der Waals surface area contributed by atoms with Crippen molar-refractivity contribution in [3.05, 3.63) is 35.5 Å². The van der Waals surface area contributed by atoms with Crippen LogP contribution in [0, 0.1) is 0 Å². The average molecular weight is 311 g/mol. The molecule has 2 heterocycles. The van der Waals surface area contributed by atoms with Crippen molar-refractivity contribution in [2.24, 2.45) is 0 Å². The third-order valence-corrected chi connectivity index (χ3v) is 4.25. The Kier molecular flexibility index (Phi) is 4.01. The molecule has 0 spiro atoms. The summed E-state index contributed by atoms with van der Waals surface area (Å²) in [4.78, 5) is 6.74. The highest BCUT2D eigenvalue weighted by molar-refractivity contribution is 6.31. The SMILES string of the molecule is CC1COC(CCl)CN1c1ccnc2cc(Cl)ccc12. The molecular formula is C15H16Cl2N2O. The largest absolute Gasteiger partial charge is 0.373 e. The Morgan fingerprint density at radius 1 is 1.40 bits per heavy atom. The summed E-state index contributed by atoms with van der Waals surface area (Å²) in [6.07, 6.45) is 1.90. The van der Waals surface area contributed by atoms with Gasteiger partial charge in [0.1, 0.15) is 0 Å². The van der Waals surface area contributed by atoms with Gasteiger partial charge in [-0.25, -0.2) is 0 Å². The Morgan fingerprint density at radius 2 is 2.25 bits per heavy atom. The van der Waals surface area contributed by atoms with Gasteiger partial charge in [0.25, 0.3) is 0 Å². The second-order valence-electron chi connectivity index (χ2n) is 5.10. The predicted molar refractivity (Wildman–Crippen MR) is 84.0 cm³/mol. The molecule has 5 heteroatoms. The Labute approximate surface area is 128 Å². The number of pyridine rings is 1. The van der Waals surface area contributed by atoms with E-state index in [9.17, 15) is 0 Å². The van der Waals surface area contributed by atoms with Crippen molar-refractivity contribution >= 4 is 39.8 Å². The van der Waals surface area contributed by atoms with Crippen LogP contribution in [-0.4, -0.2) is 36.2 Å². The van der Waals surface area contributed by atoms with Crippen LogP contribution in [0.2, 0.25) is 5.02 Å². The van der Waals surface area contributed by atoms with Crippen LogP contribution >= 0.6 is 23.2 Å². The zero-order valence-electron chi connectivity index (χ0n) is 11.2. The van der Waals surface area contributed by atoms with Gasteiger partial charge in [-0.2, -0.15) is 0 Å². The maximum Gasteiger partial charge on any atom is 0.0886 e. The van der Waals surface area contributed by atoms with Crippen LogP contribution in [0.25, 0.3) is 10.9 Å². The number of aromatic nitrogens is 1. The fraction of sp³-hybridized carbons (Fsp3) is 0.400. The summed E-state index contributed by atoms with van der Waals surface area (Å²) >= 11 is 12.0. The van der Waals surface area contributed by atoms with Gasteiger partial charge in [0.05, 0.1) is 24.1 Å². The van der Waals surface area contributed by atoms with E-state index < -0.39 is 0 Å². The lowest BCUT2D eigenvalue weighted by molar-refractivity contribution is 0.0366. The first kappa shape index (κ1) is 13.9. The van der Waals surface area contributed by atoms with Gasteiger partial charge in [-0.05, 0) is 31.2 Å². The molecule has 2 unspecified atom stereocenters. The number of anilines is 1. The molecule has 0 aliphatic carbocycles. The minimum atomic E-state index is 0.0726. The molecule has 2 aromatic rings. The van der Waals surface area contributed by atoms with E-state index in [0.29, 0.717) is 23.6 Å². The molecular weight excluding hydrogens is 295 g/mol. The second-order valence-corrected chi connectivity index (χ2v) is 5.85. The van der Waals surface area contributed by atoms with Gasteiger partial charge in [-0.3, -0.25) is 4.98 Å². The van der Waals surface area contributed by atoms with Crippen LogP contribution in [0.5, 0.6) is 0 Å². The summed E-state index contributed by atoms with van der Waals surface area (Å²) in [5.74, 6) is 0.512. The van der Waals surface area contributed by atoms with E-state index in [1.165, 1.54) is 0 Å². The van der Waals surface area contributed by atoms with Crippen molar-refractivity contribution in [3.63, 3.8) is 0 Å². The Bertz CT molecular complexity index is 620. The molecule has 1 aliphatic heterocycles. The van der Waals surface area contributed by atoms with Crippen molar-refractivity contribution in [1.29, 1.82) is 0 Å². The van der Waals surface area contributed by atoms with Gasteiger partial charge >= 0.3 is 0 Å². The quantitative estimate of drug-likeness (QED) is 0.790. The Balaban J connectivity index is 2.04. The number of alkyl halides is 1. The lowest BCUT2D eigenvalue weighted by atomic mass is 10.1. The van der Waals surface area contributed by atoms with Gasteiger partial charge in [0.15, 0.2) is 0 Å². The van der Waals surface area contributed by atoms with Crippen molar-refractivity contribution in [1.82, 2.24) is 4.98 Å². The first-order valence-electron chi connectivity index (χ1n) is 6.67. The highest BCUT2D eigenvalue weighted by Crippen LogP contribution is 2.30. The molecule has 106 valence electrons. The molecule has 3 rings (SSSR count). The lowest BCUT2D eigenvalue weighted by Gasteiger charge is -2.39. The van der Waals surface area contributed by atoms with E-state index in [1.807, 2.05) is 30.5 Å². The third-order valence-electron chi connectivity index (χ3n) is 3.67. The zero-order chi connectivity index (χ0) is 14.1. The number of ether oxygens (including phenoxy) is 1. The first-order valence-corrected chi connectivity index (χ1v) is 7.59. The molecule has 1 fully saturated rings. The van der Waals surface area contributed by atoms with Gasteiger partial charge in [-0.1, -0.05) is 11.6 Å². The van der Waals surface area contributed by atoms with Gasteiger partial charge < -0.3 is 9.64 Å². The average Bonchev–Trinajstić information content (AvgIpc) is 2.47. The first-order chi connectivity index (χ1) is 9.69. The van der Waals surface area contributed by atoms with Crippen LogP contribution < -0.4 is 4.90 Å². The highest BCUT2D eigenvalue weighted by Gasteiger charge is 2.26. The summed E-state index contributed by atoms with van der Waals surface area (Å²) in [6, 6.07) is 8.18. The maximum atomic E-state index is 6.04. The van der Waals surface area contributed by atoms with Crippen molar-refractivity contribution in [2.75, 3.05) is 23.9 Å². The molecule has 0 N–H and O–H groups in total. The zero-order valence-corrected chi connectivity index (χ0v) is 12.7. The van der Waals surface area contributed by atoms with Gasteiger partial charge in [0, 0.05) is 34.9 Å². The highest BCUT2D eigenvalue weighted by atomic mass is 35.5. The van der Waals surface area contributed by atoms with Crippen LogP contribution in [0.4, 0.5) is 5.69 Å². The van der Waals surface area contributed by atoms with Crippen molar-refractivity contribution in [3.8, 4) is 0 Å². The third kappa shape index (κ3) is 2.58. The molecule has 0 amide bonds. The Hall–Kier alpha value is -1.03. The minimum Gasteiger partial charge on any atom is -0.373 e. The molecule has 0 saturated carbocycles. The molecule has 1 aromatic carbocycles. The monoisotopic (exact) mass is 310 g/mol. The lowest BCUT2D eigenvalue weighted by Crippen LogP contribution is -2.49. The van der Waals surface area contributed by atoms with E-state index >= 15 is 0 Å². The number of fused-ring (bicyclic) bond motifs is 1. The molecule has 1 aliphatic rings. The van der Waals surface area contributed by atoms with Crippen molar-refractivity contribution < 1.29 is 4.74 Å². The number of nitrogens with zero attached hydrogens (tertiary/aromatic N) is 2. The fourth-order valence-corrected chi connectivity index (χ4v) is 2.96. The molecule has 2 atom stereocenters. The summed E-state index contributed by atoms with van der Waals surface area (Å²) < 4.78 is 5.71. The fourth-order valence-electron chi connectivity index (χ4n) is 2.60. The van der Waals surface area contributed by atoms with E-state index in [0.717, 1.165) is 23.1 Å². The molecule has 3 nitrogen and oxygen atoms in total. The van der Waals surface area contributed by atoms with Crippen LogP contribution in [0.15, 0.2) is 30.5 Å². The number of hydrogen-bond acceptors (Lipinski definition) is 3. The van der Waals surface area contributed by atoms with E-state index in [4.69, 9.17) is 27.9 Å². The minimum absolute atomic E-state index is 0.0726. The molecule has 1 aromatic heterocycles. The molecule has 20 heavy (non-hydrogen) atoms. The van der Waals surface area contributed by atoms with Gasteiger partial charge in [0.2, 0.25) is 0 Å². The number of morpholine rings is 1. The van der Waals surface area contributed by atoms with E-state index in [1.54, 1.807) is 0 Å². The smallest absolute Gasteiger partial charge is 0.0886 e. The van der Waals surface area contributed by atoms with Crippen molar-refractivity contribution in [2.45, 2.75) is 19.1 Å². The van der Waals surface area contributed by atoms with Crippen LogP contribution in [-0.2, 0) is 4.74 Å². The number of rotatable bonds is 2. The van der Waals surface area contributed by atoms with E-state index in [-0.39, 0.29) is 6.10 Å². The molecule has 0 radical (unpaired) electrons. The summed E-state index contributed by atoms with van der Waals surface area (Å²) in [5, 5.41) is 1.81. The normalized spacial score (nSPS) is 23.2. The molecule has 1 saturated heterocycles. The summed E-state index contributed by atoms with van der Waals surface area (Å²) in [5.41, 5.74) is 2.08. The summed E-state index contributed by atoms with van der Waals surface area (Å²) in [7, 11) is 0. The number of hydrogen-bond donors (Lipinski definition) is 0. The maximum absolute atomic E-state index is 6.04. The van der Waals surface area contributed by atoms with Crippen LogP contribution in [0.3, 0.4) is 0 Å². The predicted octanol–water partition coefficient (Wildman–Crippen LogP) is 3.72. The topological polar surface area (TPSA) is 25.4 Å². The second kappa shape index (κ2) is 5.76. The Morgan fingerprint density at radius 3 is 3.05 bits per heavy atom. The van der Waals surface area contributed by atoms with Crippen LogP contribution in [0.1, 0.15) is 6.92 Å². The standard InChI is InChI=1S/C15H16Cl2N2O/c1-10-9-20-12(7-16)8-19(10)15-4-5-18-14-6-11(17)2-3-13(14)15/h2-6,10,12H,7-9H2,1H3. The number of halogens is 2. The number of benzene rings is 1. The van der Waals surface area contributed by atoms with E-state index in [2.05, 4.69) is 16.8 Å². The summed E-state index contributed by atoms with van der Waals surface area (Å²) in [6.45, 7) is 3.65. The van der Waals surface area contributed by atoms with Gasteiger partial charge in [-0.15, -0.1) is 11.6 Å².